The number of nitrogens with zero attached hydrogens (tertiary/aromatic N) is 2. The van der Waals surface area contributed by atoms with Crippen molar-refractivity contribution in [3.63, 3.8) is 0 Å². The van der Waals surface area contributed by atoms with Gasteiger partial charge < -0.3 is 19.7 Å². The standard InChI is InChI=1S/C21H39N3O4/c1-16(14-19(25)22-17(2)15-23-10-12-27-13-11-23)18-6-8-24(9-7-18)20(26)28-21(3,4)5/h16-18H,6-15H2,1-5H3,(H,22,25)/t16-,17+/m1/s1. The fraction of sp³-hybridized carbons (Fsp3) is 0.905. The monoisotopic (exact) mass is 397 g/mol. The highest BCUT2D eigenvalue weighted by Crippen LogP contribution is 2.28. The van der Waals surface area contributed by atoms with Crippen LogP contribution in [0.4, 0.5) is 4.79 Å². The number of ether oxygens (including phenoxy) is 2. The summed E-state index contributed by atoms with van der Waals surface area (Å²) in [5.41, 5.74) is -0.461. The van der Waals surface area contributed by atoms with Gasteiger partial charge in [-0.25, -0.2) is 4.79 Å². The third kappa shape index (κ3) is 7.95. The second kappa shape index (κ2) is 10.4. The highest BCUT2D eigenvalue weighted by atomic mass is 16.6. The van der Waals surface area contributed by atoms with Crippen LogP contribution in [0.1, 0.15) is 53.9 Å². The number of carbonyl (C=O) groups is 2. The zero-order chi connectivity index (χ0) is 20.7. The summed E-state index contributed by atoms with van der Waals surface area (Å²) in [6.07, 6.45) is 2.17. The van der Waals surface area contributed by atoms with Crippen LogP contribution in [-0.2, 0) is 14.3 Å². The van der Waals surface area contributed by atoms with Crippen molar-refractivity contribution < 1.29 is 19.1 Å². The molecule has 0 aromatic carbocycles. The lowest BCUT2D eigenvalue weighted by Gasteiger charge is -2.35. The first-order valence-electron chi connectivity index (χ1n) is 10.7. The maximum Gasteiger partial charge on any atom is 0.410 e. The van der Waals surface area contributed by atoms with Crippen molar-refractivity contribution in [2.75, 3.05) is 45.9 Å². The Kier molecular flexibility index (Phi) is 8.56. The van der Waals surface area contributed by atoms with E-state index >= 15 is 0 Å². The van der Waals surface area contributed by atoms with Crippen molar-refractivity contribution in [1.82, 2.24) is 15.1 Å². The van der Waals surface area contributed by atoms with Crippen molar-refractivity contribution >= 4 is 12.0 Å². The van der Waals surface area contributed by atoms with Gasteiger partial charge in [-0.2, -0.15) is 0 Å². The molecular weight excluding hydrogens is 358 g/mol. The lowest BCUT2D eigenvalue weighted by atomic mass is 9.83. The van der Waals surface area contributed by atoms with Gasteiger partial charge in [-0.15, -0.1) is 0 Å². The van der Waals surface area contributed by atoms with Crippen molar-refractivity contribution in [2.24, 2.45) is 11.8 Å². The van der Waals surface area contributed by atoms with Gasteiger partial charge in [0.1, 0.15) is 5.60 Å². The number of hydrogen-bond donors (Lipinski definition) is 1. The molecule has 1 N–H and O–H groups in total. The summed E-state index contributed by atoms with van der Waals surface area (Å²) in [7, 11) is 0. The Balaban J connectivity index is 1.67. The lowest BCUT2D eigenvalue weighted by Crippen LogP contribution is -2.46. The van der Waals surface area contributed by atoms with E-state index in [-0.39, 0.29) is 18.0 Å². The van der Waals surface area contributed by atoms with Crippen LogP contribution < -0.4 is 5.32 Å². The molecule has 2 atom stereocenters. The molecule has 162 valence electrons. The fourth-order valence-electron chi connectivity index (χ4n) is 3.99. The Morgan fingerprint density at radius 2 is 1.71 bits per heavy atom. The zero-order valence-corrected chi connectivity index (χ0v) is 18.3. The van der Waals surface area contributed by atoms with Crippen LogP contribution in [0.15, 0.2) is 0 Å². The molecule has 7 nitrogen and oxygen atoms in total. The summed E-state index contributed by atoms with van der Waals surface area (Å²) in [6.45, 7) is 15.6. The van der Waals surface area contributed by atoms with E-state index in [1.807, 2.05) is 20.8 Å². The first kappa shape index (κ1) is 22.9. The molecule has 0 spiro atoms. The number of morpholine rings is 1. The largest absolute Gasteiger partial charge is 0.444 e. The first-order chi connectivity index (χ1) is 13.1. The van der Waals surface area contributed by atoms with Crippen molar-refractivity contribution in [1.29, 1.82) is 0 Å². The van der Waals surface area contributed by atoms with Crippen LogP contribution in [0.5, 0.6) is 0 Å². The number of piperidine rings is 1. The first-order valence-corrected chi connectivity index (χ1v) is 10.7. The Labute approximate surface area is 170 Å². The quantitative estimate of drug-likeness (QED) is 0.746. The minimum Gasteiger partial charge on any atom is -0.444 e. The van der Waals surface area contributed by atoms with Crippen LogP contribution in [0, 0.1) is 11.8 Å². The molecule has 0 aliphatic carbocycles. The topological polar surface area (TPSA) is 71.1 Å². The fourth-order valence-corrected chi connectivity index (χ4v) is 3.99. The van der Waals surface area contributed by atoms with Crippen molar-refractivity contribution in [3.05, 3.63) is 0 Å². The summed E-state index contributed by atoms with van der Waals surface area (Å²) < 4.78 is 10.8. The molecule has 0 radical (unpaired) electrons. The Morgan fingerprint density at radius 1 is 1.11 bits per heavy atom. The summed E-state index contributed by atoms with van der Waals surface area (Å²) in [4.78, 5) is 28.7. The average Bonchev–Trinajstić information content (AvgIpc) is 2.61. The van der Waals surface area contributed by atoms with Gasteiger partial charge in [0.05, 0.1) is 13.2 Å². The second-order valence-electron chi connectivity index (χ2n) is 9.37. The molecule has 0 unspecified atom stereocenters. The number of carbonyl (C=O) groups excluding carboxylic acids is 2. The zero-order valence-electron chi connectivity index (χ0n) is 18.3. The molecule has 2 amide bonds. The molecule has 2 fully saturated rings. The molecule has 0 bridgehead atoms. The van der Waals surface area contributed by atoms with Crippen molar-refractivity contribution in [3.8, 4) is 0 Å². The number of nitrogens with one attached hydrogen (secondary N) is 1. The van der Waals surface area contributed by atoms with Crippen molar-refractivity contribution in [2.45, 2.75) is 65.5 Å². The Hall–Kier alpha value is -1.34. The highest BCUT2D eigenvalue weighted by Gasteiger charge is 2.30. The van der Waals surface area contributed by atoms with Crippen LogP contribution >= 0.6 is 0 Å². The van der Waals surface area contributed by atoms with E-state index in [4.69, 9.17) is 9.47 Å². The third-order valence-corrected chi connectivity index (χ3v) is 5.55. The van der Waals surface area contributed by atoms with E-state index < -0.39 is 5.60 Å². The maximum absolute atomic E-state index is 12.4. The summed E-state index contributed by atoms with van der Waals surface area (Å²) in [6, 6.07) is 0.145. The van der Waals surface area contributed by atoms with E-state index in [2.05, 4.69) is 24.1 Å². The molecular formula is C21H39N3O4. The maximum atomic E-state index is 12.4. The molecule has 2 heterocycles. The highest BCUT2D eigenvalue weighted by molar-refractivity contribution is 5.76. The molecule has 0 aromatic rings. The predicted octanol–water partition coefficient (Wildman–Crippen LogP) is 2.50. The number of hydrogen-bond acceptors (Lipinski definition) is 5. The van der Waals surface area contributed by atoms with Gasteiger partial charge in [-0.1, -0.05) is 6.92 Å². The van der Waals surface area contributed by atoms with Gasteiger partial charge in [-0.3, -0.25) is 9.69 Å². The van der Waals surface area contributed by atoms with E-state index in [1.54, 1.807) is 4.90 Å². The minimum absolute atomic E-state index is 0.128. The molecule has 2 aliphatic heterocycles. The Bertz CT molecular complexity index is 506. The molecule has 28 heavy (non-hydrogen) atoms. The van der Waals surface area contributed by atoms with Gasteiger partial charge in [0.25, 0.3) is 0 Å². The number of rotatable bonds is 6. The average molecular weight is 398 g/mol. The van der Waals surface area contributed by atoms with Crippen LogP contribution in [0.3, 0.4) is 0 Å². The van der Waals surface area contributed by atoms with Gasteiger partial charge in [-0.05, 0) is 52.4 Å². The summed E-state index contributed by atoms with van der Waals surface area (Å²) >= 11 is 0. The summed E-state index contributed by atoms with van der Waals surface area (Å²) in [5.74, 6) is 0.915. The van der Waals surface area contributed by atoms with E-state index in [1.165, 1.54) is 0 Å². The second-order valence-corrected chi connectivity index (χ2v) is 9.37. The molecule has 0 saturated carbocycles. The summed E-state index contributed by atoms with van der Waals surface area (Å²) in [5, 5.41) is 3.14. The van der Waals surface area contributed by atoms with Crippen LogP contribution in [-0.4, -0.2) is 79.4 Å². The number of amides is 2. The Morgan fingerprint density at radius 3 is 2.29 bits per heavy atom. The molecule has 2 rings (SSSR count). The smallest absolute Gasteiger partial charge is 0.410 e. The SMILES string of the molecule is C[C@H](CC(=O)N[C@@H](C)CN1CCOCC1)C1CCN(C(=O)OC(C)(C)C)CC1. The van der Waals surface area contributed by atoms with E-state index in [0.29, 0.717) is 31.3 Å². The van der Waals surface area contributed by atoms with E-state index in [9.17, 15) is 9.59 Å². The lowest BCUT2D eigenvalue weighted by molar-refractivity contribution is -0.123. The van der Waals surface area contributed by atoms with Gasteiger partial charge in [0, 0.05) is 45.2 Å². The normalized spacial score (nSPS) is 21.8. The third-order valence-electron chi connectivity index (χ3n) is 5.55. The molecule has 2 saturated heterocycles. The molecule has 2 aliphatic rings. The van der Waals surface area contributed by atoms with Gasteiger partial charge in [0.15, 0.2) is 0 Å². The van der Waals surface area contributed by atoms with Crippen LogP contribution in [0.2, 0.25) is 0 Å². The van der Waals surface area contributed by atoms with Crippen LogP contribution in [0.25, 0.3) is 0 Å². The van der Waals surface area contributed by atoms with Gasteiger partial charge >= 0.3 is 6.09 Å². The predicted molar refractivity (Wildman–Crippen MR) is 109 cm³/mol. The van der Waals surface area contributed by atoms with Gasteiger partial charge in [0.2, 0.25) is 5.91 Å². The minimum atomic E-state index is -0.461. The molecule has 7 heteroatoms. The van der Waals surface area contributed by atoms with E-state index in [0.717, 1.165) is 45.7 Å². The number of likely N-dealkylation sites (tertiary alicyclic amines) is 1. The molecule has 0 aromatic heterocycles.